The van der Waals surface area contributed by atoms with Gasteiger partial charge in [0.25, 0.3) is 0 Å². The zero-order valence-electron chi connectivity index (χ0n) is 5.82. The Morgan fingerprint density at radius 2 is 2.55 bits per heavy atom. The maximum atomic E-state index is 10.3. The number of hydroxylamine groups is 1. The van der Waals surface area contributed by atoms with Gasteiger partial charge in [-0.3, -0.25) is 9.78 Å². The summed E-state index contributed by atoms with van der Waals surface area (Å²) < 4.78 is 0. The van der Waals surface area contributed by atoms with Gasteiger partial charge in [-0.25, -0.2) is 0 Å². The van der Waals surface area contributed by atoms with E-state index >= 15 is 0 Å². The molecule has 1 aromatic heterocycles. The van der Waals surface area contributed by atoms with Crippen molar-refractivity contribution in [3.8, 4) is 0 Å². The third-order valence-electron chi connectivity index (χ3n) is 1.24. The van der Waals surface area contributed by atoms with Crippen LogP contribution in [0.5, 0.6) is 0 Å². The SMILES string of the molecule is O=Cc1ccnc(CNO)c1. The van der Waals surface area contributed by atoms with Gasteiger partial charge in [0.05, 0.1) is 12.2 Å². The molecule has 0 amide bonds. The van der Waals surface area contributed by atoms with Gasteiger partial charge in [-0.05, 0) is 12.1 Å². The van der Waals surface area contributed by atoms with Crippen LogP contribution in [-0.2, 0) is 6.54 Å². The first-order valence-electron chi connectivity index (χ1n) is 3.14. The molecule has 0 atom stereocenters. The highest BCUT2D eigenvalue weighted by molar-refractivity contribution is 5.74. The summed E-state index contributed by atoms with van der Waals surface area (Å²) in [5, 5.41) is 8.30. The normalized spacial score (nSPS) is 9.55. The molecule has 11 heavy (non-hydrogen) atoms. The van der Waals surface area contributed by atoms with Crippen molar-refractivity contribution in [3.05, 3.63) is 29.6 Å². The lowest BCUT2D eigenvalue weighted by atomic mass is 10.2. The van der Waals surface area contributed by atoms with Crippen molar-refractivity contribution in [1.29, 1.82) is 0 Å². The lowest BCUT2D eigenvalue weighted by molar-refractivity contribution is 0.112. The van der Waals surface area contributed by atoms with Crippen LogP contribution in [0.2, 0.25) is 0 Å². The summed E-state index contributed by atoms with van der Waals surface area (Å²) in [6.07, 6.45) is 2.26. The Labute approximate surface area is 63.8 Å². The molecule has 0 radical (unpaired) electrons. The van der Waals surface area contributed by atoms with Crippen molar-refractivity contribution >= 4 is 6.29 Å². The number of rotatable bonds is 3. The predicted octanol–water partition coefficient (Wildman–Crippen LogP) is 0.373. The fourth-order valence-electron chi connectivity index (χ4n) is 0.748. The molecule has 0 aliphatic rings. The number of aromatic nitrogens is 1. The third-order valence-corrected chi connectivity index (χ3v) is 1.24. The first kappa shape index (κ1) is 7.84. The molecule has 0 aliphatic heterocycles. The molecule has 1 heterocycles. The van der Waals surface area contributed by atoms with Crippen LogP contribution in [0.1, 0.15) is 16.1 Å². The Balaban J connectivity index is 2.82. The minimum atomic E-state index is 0.252. The zero-order chi connectivity index (χ0) is 8.10. The van der Waals surface area contributed by atoms with Gasteiger partial charge >= 0.3 is 0 Å². The summed E-state index contributed by atoms with van der Waals surface area (Å²) in [5.41, 5.74) is 3.15. The number of hydrogen-bond donors (Lipinski definition) is 2. The number of carbonyl (C=O) groups is 1. The lowest BCUT2D eigenvalue weighted by Crippen LogP contribution is -2.07. The quantitative estimate of drug-likeness (QED) is 0.485. The summed E-state index contributed by atoms with van der Waals surface area (Å²) in [5.74, 6) is 0. The van der Waals surface area contributed by atoms with Crippen LogP contribution in [-0.4, -0.2) is 16.5 Å². The fourth-order valence-corrected chi connectivity index (χ4v) is 0.748. The fraction of sp³-hybridized carbons (Fsp3) is 0.143. The maximum absolute atomic E-state index is 10.3. The number of hydrogen-bond acceptors (Lipinski definition) is 4. The van der Waals surface area contributed by atoms with Gasteiger partial charge in [-0.2, -0.15) is 5.48 Å². The Morgan fingerprint density at radius 3 is 3.18 bits per heavy atom. The molecule has 4 nitrogen and oxygen atoms in total. The molecular formula is C7H8N2O2. The second-order valence-corrected chi connectivity index (χ2v) is 2.03. The van der Waals surface area contributed by atoms with Gasteiger partial charge in [-0.1, -0.05) is 0 Å². The summed E-state index contributed by atoms with van der Waals surface area (Å²) >= 11 is 0. The van der Waals surface area contributed by atoms with Crippen LogP contribution < -0.4 is 5.48 Å². The van der Waals surface area contributed by atoms with Crippen LogP contribution in [0.25, 0.3) is 0 Å². The molecule has 0 unspecified atom stereocenters. The van der Waals surface area contributed by atoms with Gasteiger partial charge in [0.15, 0.2) is 0 Å². The summed E-state index contributed by atoms with van der Waals surface area (Å²) in [7, 11) is 0. The minimum Gasteiger partial charge on any atom is -0.316 e. The summed E-state index contributed by atoms with van der Waals surface area (Å²) in [6.45, 7) is 0.252. The molecule has 0 aromatic carbocycles. The number of carbonyl (C=O) groups excluding carboxylic acids is 1. The Hall–Kier alpha value is -1.26. The molecule has 1 rings (SSSR count). The zero-order valence-corrected chi connectivity index (χ0v) is 5.82. The minimum absolute atomic E-state index is 0.252. The van der Waals surface area contributed by atoms with Crippen molar-refractivity contribution in [2.24, 2.45) is 0 Å². The van der Waals surface area contributed by atoms with Crippen molar-refractivity contribution in [3.63, 3.8) is 0 Å². The number of aldehydes is 1. The predicted molar refractivity (Wildman–Crippen MR) is 38.3 cm³/mol. The Morgan fingerprint density at radius 1 is 1.73 bits per heavy atom. The van der Waals surface area contributed by atoms with Crippen LogP contribution in [0.3, 0.4) is 0 Å². The molecule has 0 bridgehead atoms. The number of nitrogens with one attached hydrogen (secondary N) is 1. The van der Waals surface area contributed by atoms with Gasteiger partial charge in [0.1, 0.15) is 6.29 Å². The summed E-state index contributed by atoms with van der Waals surface area (Å²) in [4.78, 5) is 14.1. The van der Waals surface area contributed by atoms with E-state index in [1.54, 1.807) is 12.1 Å². The summed E-state index contributed by atoms with van der Waals surface area (Å²) in [6, 6.07) is 3.21. The van der Waals surface area contributed by atoms with E-state index in [-0.39, 0.29) is 6.54 Å². The Bertz CT molecular complexity index is 250. The van der Waals surface area contributed by atoms with Gasteiger partial charge in [0, 0.05) is 11.8 Å². The average molecular weight is 152 g/mol. The monoisotopic (exact) mass is 152 g/mol. The topological polar surface area (TPSA) is 62.2 Å². The van der Waals surface area contributed by atoms with E-state index in [1.807, 2.05) is 5.48 Å². The molecule has 58 valence electrons. The third kappa shape index (κ3) is 2.10. The van der Waals surface area contributed by atoms with Crippen LogP contribution >= 0.6 is 0 Å². The first-order valence-corrected chi connectivity index (χ1v) is 3.14. The molecule has 0 saturated heterocycles. The average Bonchev–Trinajstić information content (AvgIpc) is 2.06. The second kappa shape index (κ2) is 3.80. The van der Waals surface area contributed by atoms with Crippen molar-refractivity contribution in [2.75, 3.05) is 0 Å². The van der Waals surface area contributed by atoms with Crippen molar-refractivity contribution < 1.29 is 10.0 Å². The highest BCUT2D eigenvalue weighted by atomic mass is 16.5. The maximum Gasteiger partial charge on any atom is 0.150 e. The van der Waals surface area contributed by atoms with Crippen LogP contribution in [0, 0.1) is 0 Å². The largest absolute Gasteiger partial charge is 0.316 e. The molecular weight excluding hydrogens is 144 g/mol. The van der Waals surface area contributed by atoms with Crippen LogP contribution in [0.15, 0.2) is 18.3 Å². The number of nitrogens with zero attached hydrogens (tertiary/aromatic N) is 1. The molecule has 4 heteroatoms. The smallest absolute Gasteiger partial charge is 0.150 e. The Kier molecular flexibility index (Phi) is 2.71. The van der Waals surface area contributed by atoms with Crippen LogP contribution in [0.4, 0.5) is 0 Å². The molecule has 1 aromatic rings. The van der Waals surface area contributed by atoms with E-state index in [9.17, 15) is 4.79 Å². The van der Waals surface area contributed by atoms with E-state index in [2.05, 4.69) is 4.98 Å². The van der Waals surface area contributed by atoms with E-state index in [0.29, 0.717) is 11.3 Å². The van der Waals surface area contributed by atoms with E-state index in [4.69, 9.17) is 5.21 Å². The highest BCUT2D eigenvalue weighted by Crippen LogP contribution is 1.97. The second-order valence-electron chi connectivity index (χ2n) is 2.03. The first-order chi connectivity index (χ1) is 5.36. The standard InChI is InChI=1S/C7H8N2O2/c10-5-6-1-2-8-7(3-6)4-9-11/h1-3,5,9,11H,4H2. The van der Waals surface area contributed by atoms with Gasteiger partial charge in [0.2, 0.25) is 0 Å². The van der Waals surface area contributed by atoms with E-state index in [1.165, 1.54) is 6.20 Å². The van der Waals surface area contributed by atoms with Crippen molar-refractivity contribution in [2.45, 2.75) is 6.54 Å². The highest BCUT2D eigenvalue weighted by Gasteiger charge is 1.93. The van der Waals surface area contributed by atoms with Crippen molar-refractivity contribution in [1.82, 2.24) is 10.5 Å². The molecule has 0 aliphatic carbocycles. The molecule has 0 saturated carbocycles. The lowest BCUT2D eigenvalue weighted by Gasteiger charge is -1.97. The molecule has 0 fully saturated rings. The molecule has 0 spiro atoms. The van der Waals surface area contributed by atoms with E-state index in [0.717, 1.165) is 6.29 Å². The van der Waals surface area contributed by atoms with Gasteiger partial charge < -0.3 is 5.21 Å². The number of pyridine rings is 1. The van der Waals surface area contributed by atoms with E-state index < -0.39 is 0 Å². The molecule has 2 N–H and O–H groups in total. The van der Waals surface area contributed by atoms with Gasteiger partial charge in [-0.15, -0.1) is 0 Å².